The number of aromatic amines is 2. The standard InChI is InChI=1S/C20H24ClN5O3S/c1-13(2)12-30(28,29)26-9-7-25(8-10-26)15-5-3-14(4-6-15)18-16(21)11-17-19(23-18)24-20(27)22-17/h3-6,11,13H,7-10,12H2,1-2H3,(H2,22,23,24,27). The zero-order valence-corrected chi connectivity index (χ0v) is 18.4. The molecule has 1 fully saturated rings. The second-order valence-corrected chi connectivity index (χ2v) is 10.3. The molecule has 3 heterocycles. The Morgan fingerprint density at radius 2 is 1.77 bits per heavy atom. The van der Waals surface area contributed by atoms with Crippen molar-refractivity contribution in [2.45, 2.75) is 13.8 Å². The molecule has 1 saturated heterocycles. The summed E-state index contributed by atoms with van der Waals surface area (Å²) in [7, 11) is -3.20. The van der Waals surface area contributed by atoms with Crippen LogP contribution in [0.3, 0.4) is 0 Å². The zero-order chi connectivity index (χ0) is 21.5. The van der Waals surface area contributed by atoms with Crippen LogP contribution in [0.15, 0.2) is 35.1 Å². The van der Waals surface area contributed by atoms with E-state index in [1.54, 1.807) is 10.4 Å². The minimum atomic E-state index is -3.20. The van der Waals surface area contributed by atoms with Crippen molar-refractivity contribution < 1.29 is 8.42 Å². The van der Waals surface area contributed by atoms with Gasteiger partial charge in [0.1, 0.15) is 0 Å². The Kier molecular flexibility index (Phi) is 5.61. The number of halogens is 1. The fourth-order valence-corrected chi connectivity index (χ4v) is 5.76. The fraction of sp³-hybridized carbons (Fsp3) is 0.400. The van der Waals surface area contributed by atoms with Gasteiger partial charge < -0.3 is 9.88 Å². The highest BCUT2D eigenvalue weighted by Crippen LogP contribution is 2.30. The van der Waals surface area contributed by atoms with Gasteiger partial charge >= 0.3 is 5.69 Å². The van der Waals surface area contributed by atoms with E-state index in [1.807, 2.05) is 38.1 Å². The summed E-state index contributed by atoms with van der Waals surface area (Å²) in [6, 6.07) is 9.51. The molecule has 8 nitrogen and oxygen atoms in total. The Balaban J connectivity index is 1.48. The number of hydrogen-bond donors (Lipinski definition) is 2. The van der Waals surface area contributed by atoms with E-state index in [0.717, 1.165) is 11.3 Å². The third kappa shape index (κ3) is 4.23. The first-order valence-corrected chi connectivity index (χ1v) is 11.8. The average molecular weight is 450 g/mol. The van der Waals surface area contributed by atoms with Gasteiger partial charge in [0.2, 0.25) is 10.0 Å². The van der Waals surface area contributed by atoms with Gasteiger partial charge in [0.15, 0.2) is 5.65 Å². The normalized spacial score (nSPS) is 15.9. The minimum absolute atomic E-state index is 0.115. The Morgan fingerprint density at radius 3 is 2.40 bits per heavy atom. The van der Waals surface area contributed by atoms with Gasteiger partial charge in [-0.05, 0) is 24.1 Å². The lowest BCUT2D eigenvalue weighted by molar-refractivity contribution is 0.382. The first-order valence-electron chi connectivity index (χ1n) is 9.85. The van der Waals surface area contributed by atoms with Gasteiger partial charge in [0.25, 0.3) is 0 Å². The topological polar surface area (TPSA) is 102 Å². The van der Waals surface area contributed by atoms with E-state index < -0.39 is 10.0 Å². The van der Waals surface area contributed by atoms with Crippen molar-refractivity contribution >= 4 is 38.5 Å². The average Bonchev–Trinajstić information content (AvgIpc) is 3.05. The number of H-pyrrole nitrogens is 2. The van der Waals surface area contributed by atoms with Gasteiger partial charge in [-0.15, -0.1) is 0 Å². The number of aromatic nitrogens is 3. The Hall–Kier alpha value is -2.36. The number of piperazine rings is 1. The molecule has 1 aliphatic heterocycles. The lowest BCUT2D eigenvalue weighted by Gasteiger charge is -2.35. The van der Waals surface area contributed by atoms with Crippen LogP contribution in [-0.2, 0) is 10.0 Å². The zero-order valence-electron chi connectivity index (χ0n) is 16.9. The summed E-state index contributed by atoms with van der Waals surface area (Å²) in [5, 5.41) is 0.453. The van der Waals surface area contributed by atoms with Crippen LogP contribution in [0.5, 0.6) is 0 Å². The van der Waals surface area contributed by atoms with Gasteiger partial charge in [-0.3, -0.25) is 4.98 Å². The largest absolute Gasteiger partial charge is 0.369 e. The molecule has 1 aliphatic rings. The smallest absolute Gasteiger partial charge is 0.325 e. The summed E-state index contributed by atoms with van der Waals surface area (Å²) in [5.41, 5.74) is 3.15. The molecule has 10 heteroatoms. The molecular weight excluding hydrogens is 426 g/mol. The van der Waals surface area contributed by atoms with Crippen molar-refractivity contribution in [3.05, 3.63) is 45.8 Å². The van der Waals surface area contributed by atoms with Crippen LogP contribution >= 0.6 is 11.6 Å². The maximum Gasteiger partial charge on any atom is 0.325 e. The molecule has 0 amide bonds. The fourth-order valence-electron chi connectivity index (χ4n) is 3.72. The monoisotopic (exact) mass is 449 g/mol. The SMILES string of the molecule is CC(C)CS(=O)(=O)N1CCN(c2ccc(-c3nc4[nH]c(=O)[nH]c4cc3Cl)cc2)CC1. The van der Waals surface area contributed by atoms with Crippen molar-refractivity contribution in [2.75, 3.05) is 36.8 Å². The van der Waals surface area contributed by atoms with Crippen molar-refractivity contribution in [3.63, 3.8) is 0 Å². The molecule has 3 aromatic rings. The first kappa shape index (κ1) is 20.9. The number of pyridine rings is 1. The summed E-state index contributed by atoms with van der Waals surface area (Å²) < 4.78 is 26.5. The highest BCUT2D eigenvalue weighted by Gasteiger charge is 2.27. The van der Waals surface area contributed by atoms with E-state index in [9.17, 15) is 13.2 Å². The molecule has 0 saturated carbocycles. The maximum atomic E-state index is 12.4. The third-order valence-corrected chi connectivity index (χ3v) is 7.67. The van der Waals surface area contributed by atoms with E-state index in [2.05, 4.69) is 19.9 Å². The summed E-state index contributed by atoms with van der Waals surface area (Å²) >= 11 is 6.36. The molecule has 0 unspecified atom stereocenters. The summed E-state index contributed by atoms with van der Waals surface area (Å²) in [6.45, 7) is 6.10. The Morgan fingerprint density at radius 1 is 1.10 bits per heavy atom. The highest BCUT2D eigenvalue weighted by molar-refractivity contribution is 7.89. The van der Waals surface area contributed by atoms with Crippen LogP contribution in [-0.4, -0.2) is 59.6 Å². The van der Waals surface area contributed by atoms with Gasteiger partial charge in [-0.2, -0.15) is 4.31 Å². The van der Waals surface area contributed by atoms with E-state index in [0.29, 0.717) is 48.1 Å². The minimum Gasteiger partial charge on any atom is -0.369 e. The lowest BCUT2D eigenvalue weighted by atomic mass is 10.1. The number of imidazole rings is 1. The molecule has 0 radical (unpaired) electrons. The summed E-state index contributed by atoms with van der Waals surface area (Å²) in [4.78, 5) is 23.4. The third-order valence-electron chi connectivity index (χ3n) is 5.14. The molecule has 160 valence electrons. The highest BCUT2D eigenvalue weighted by atomic mass is 35.5. The predicted octanol–water partition coefficient (Wildman–Crippen LogP) is 2.68. The first-order chi connectivity index (χ1) is 14.2. The van der Waals surface area contributed by atoms with E-state index in [4.69, 9.17) is 11.6 Å². The van der Waals surface area contributed by atoms with E-state index >= 15 is 0 Å². The molecule has 0 spiro atoms. The van der Waals surface area contributed by atoms with Crippen LogP contribution in [0.25, 0.3) is 22.4 Å². The van der Waals surface area contributed by atoms with Crippen LogP contribution in [0, 0.1) is 5.92 Å². The van der Waals surface area contributed by atoms with Crippen LogP contribution < -0.4 is 10.6 Å². The second-order valence-electron chi connectivity index (χ2n) is 7.90. The van der Waals surface area contributed by atoms with E-state index in [1.165, 1.54) is 0 Å². The van der Waals surface area contributed by atoms with Crippen molar-refractivity contribution in [1.82, 2.24) is 19.3 Å². The Labute approximate surface area is 179 Å². The van der Waals surface area contributed by atoms with Gasteiger partial charge in [-0.1, -0.05) is 37.6 Å². The maximum absolute atomic E-state index is 12.4. The predicted molar refractivity (Wildman–Crippen MR) is 120 cm³/mol. The number of nitrogens with one attached hydrogen (secondary N) is 2. The lowest BCUT2D eigenvalue weighted by Crippen LogP contribution is -2.49. The number of fused-ring (bicyclic) bond motifs is 1. The Bertz CT molecular complexity index is 1210. The summed E-state index contributed by atoms with van der Waals surface area (Å²) in [5.74, 6) is 0.302. The van der Waals surface area contributed by atoms with Gasteiger partial charge in [-0.25, -0.2) is 18.2 Å². The number of hydrogen-bond acceptors (Lipinski definition) is 5. The molecule has 1 aromatic carbocycles. The molecule has 0 atom stereocenters. The molecular formula is C20H24ClN5O3S. The molecule has 2 N–H and O–H groups in total. The number of sulfonamides is 1. The van der Waals surface area contributed by atoms with Gasteiger partial charge in [0.05, 0.1) is 22.0 Å². The van der Waals surface area contributed by atoms with Crippen LogP contribution in [0.4, 0.5) is 5.69 Å². The van der Waals surface area contributed by atoms with Crippen molar-refractivity contribution in [2.24, 2.45) is 5.92 Å². The molecule has 0 bridgehead atoms. The molecule has 0 aliphatic carbocycles. The molecule has 2 aromatic heterocycles. The summed E-state index contributed by atoms with van der Waals surface area (Å²) in [6.07, 6.45) is 0. The number of nitrogens with zero attached hydrogens (tertiary/aromatic N) is 3. The quantitative estimate of drug-likeness (QED) is 0.623. The molecule has 30 heavy (non-hydrogen) atoms. The number of anilines is 1. The second kappa shape index (κ2) is 8.05. The number of benzene rings is 1. The number of rotatable bonds is 5. The molecule has 4 rings (SSSR count). The van der Waals surface area contributed by atoms with Crippen LogP contribution in [0.1, 0.15) is 13.8 Å². The van der Waals surface area contributed by atoms with Crippen LogP contribution in [0.2, 0.25) is 5.02 Å². The van der Waals surface area contributed by atoms with Gasteiger partial charge in [0, 0.05) is 37.4 Å². The van der Waals surface area contributed by atoms with Crippen molar-refractivity contribution in [1.29, 1.82) is 0 Å². The van der Waals surface area contributed by atoms with Crippen molar-refractivity contribution in [3.8, 4) is 11.3 Å². The van der Waals surface area contributed by atoms with E-state index in [-0.39, 0.29) is 17.4 Å².